The highest BCUT2D eigenvalue weighted by Crippen LogP contribution is 2.28. The Morgan fingerprint density at radius 2 is 0.933 bits per heavy atom. The van der Waals surface area contributed by atoms with Gasteiger partial charge >= 0.3 is 0 Å². The molecular weight excluding hydrogens is 376 g/mol. The smallest absolute Gasteiger partial charge is 0.0624 e. The second-order valence-corrected chi connectivity index (χ2v) is 11.3. The van der Waals surface area contributed by atoms with Crippen LogP contribution >= 0.6 is 0 Å². The third-order valence-electron chi connectivity index (χ3n) is 4.74. The largest absolute Gasteiger partial charge is 0.152 e. The minimum Gasteiger partial charge on any atom is -0.0624 e. The zero-order chi connectivity index (χ0) is 37.6. The van der Waals surface area contributed by atoms with Gasteiger partial charge in [-0.2, -0.15) is 0 Å². The first-order valence-corrected chi connectivity index (χ1v) is 11.4. The van der Waals surface area contributed by atoms with E-state index in [1.54, 1.807) is 20.8 Å². The summed E-state index contributed by atoms with van der Waals surface area (Å²) >= 11 is 0. The van der Waals surface area contributed by atoms with Crippen LogP contribution in [0.4, 0.5) is 0 Å². The summed E-state index contributed by atoms with van der Waals surface area (Å²) in [6.45, 7) is 4.86. The van der Waals surface area contributed by atoms with E-state index >= 15 is 0 Å². The van der Waals surface area contributed by atoms with Crippen LogP contribution in [0, 0.1) is 0 Å². The molecule has 0 saturated carbocycles. The Hall–Kier alpha value is -2.90. The molecule has 0 aliphatic rings. The summed E-state index contributed by atoms with van der Waals surface area (Å²) in [5.74, 6) is 0. The van der Waals surface area contributed by atoms with E-state index in [-0.39, 0.29) is 11.1 Å². The molecule has 0 nitrogen and oxygen atoms in total. The molecule has 30 heavy (non-hydrogen) atoms. The molecule has 0 N–H and O–H groups in total. The molecule has 4 rings (SSSR count). The molecule has 0 heterocycles. The predicted molar refractivity (Wildman–Crippen MR) is 133 cm³/mol. The summed E-state index contributed by atoms with van der Waals surface area (Å²) in [6.07, 6.45) is 0. The van der Waals surface area contributed by atoms with Crippen molar-refractivity contribution in [1.82, 2.24) is 0 Å². The van der Waals surface area contributed by atoms with Gasteiger partial charge in [0.25, 0.3) is 0 Å². The fraction of sp³-hybridized carbons (Fsp3) is 0.172. The third-order valence-corrected chi connectivity index (χ3v) is 8.93. The highest BCUT2D eigenvalue weighted by atomic mass is 28.3. The molecule has 0 atom stereocenters. The van der Waals surface area contributed by atoms with Gasteiger partial charge in [-0.05, 0) is 38.1 Å². The van der Waals surface area contributed by atoms with Gasteiger partial charge in [-0.25, -0.2) is 0 Å². The van der Waals surface area contributed by atoms with Crippen LogP contribution in [0.1, 0.15) is 57.9 Å². The summed E-state index contributed by atoms with van der Waals surface area (Å²) < 4.78 is 165. The van der Waals surface area contributed by atoms with Gasteiger partial charge in [0.15, 0.2) is 8.07 Å². The summed E-state index contributed by atoms with van der Waals surface area (Å²) in [5.41, 5.74) is -1.36. The summed E-state index contributed by atoms with van der Waals surface area (Å²) in [7, 11) is -5.34. The lowest BCUT2D eigenvalue weighted by Gasteiger charge is -2.36. The molecule has 0 spiro atoms. The van der Waals surface area contributed by atoms with Crippen LogP contribution < -0.4 is 15.6 Å². The molecule has 4 aromatic carbocycles. The van der Waals surface area contributed by atoms with E-state index in [4.69, 9.17) is 26.0 Å². The Morgan fingerprint density at radius 3 is 1.33 bits per heavy atom. The van der Waals surface area contributed by atoms with E-state index in [0.717, 1.165) is 0 Å². The van der Waals surface area contributed by atoms with Crippen molar-refractivity contribution in [3.05, 3.63) is 126 Å². The Kier molecular flexibility index (Phi) is 2.16. The molecule has 0 radical (unpaired) electrons. The van der Waals surface area contributed by atoms with Crippen molar-refractivity contribution in [2.24, 2.45) is 0 Å². The van der Waals surface area contributed by atoms with Crippen LogP contribution in [0.5, 0.6) is 0 Å². The van der Waals surface area contributed by atoms with Crippen molar-refractivity contribution in [1.29, 1.82) is 0 Å². The fourth-order valence-electron chi connectivity index (χ4n) is 3.41. The highest BCUT2D eigenvalue weighted by molar-refractivity contribution is 7.11. The van der Waals surface area contributed by atoms with Gasteiger partial charge in [0.05, 0.1) is 26.0 Å². The fourth-order valence-corrected chi connectivity index (χ4v) is 7.14. The van der Waals surface area contributed by atoms with Crippen molar-refractivity contribution < 1.29 is 26.0 Å². The number of hydrogen-bond acceptors (Lipinski definition) is 0. The van der Waals surface area contributed by atoms with E-state index in [1.165, 1.54) is 0 Å². The van der Waals surface area contributed by atoms with E-state index in [1.807, 2.05) is 0 Å². The van der Waals surface area contributed by atoms with Crippen LogP contribution in [0.3, 0.4) is 0 Å². The second kappa shape index (κ2) is 8.45. The Bertz CT molecular complexity index is 1830. The molecule has 0 fully saturated rings. The molecule has 0 aliphatic heterocycles. The van der Waals surface area contributed by atoms with Crippen LogP contribution in [0.15, 0.2) is 115 Å². The normalized spacial score (nSPS) is 20.8. The summed E-state index contributed by atoms with van der Waals surface area (Å²) in [4.78, 5) is 0. The van der Waals surface area contributed by atoms with Crippen molar-refractivity contribution in [2.75, 3.05) is 0 Å². The molecule has 0 unspecified atom stereocenters. The van der Waals surface area contributed by atoms with Crippen LogP contribution in [0.25, 0.3) is 0 Å². The van der Waals surface area contributed by atoms with E-state index in [9.17, 15) is 0 Å². The zero-order valence-corrected chi connectivity index (χ0v) is 17.7. The molecule has 0 bridgehead atoms. The van der Waals surface area contributed by atoms with Gasteiger partial charge in [-0.3, -0.25) is 0 Å². The minimum absolute atomic E-state index is 0.0255. The average Bonchev–Trinajstić information content (AvgIpc) is 3.03. The van der Waals surface area contributed by atoms with Crippen LogP contribution in [-0.2, 0) is 11.5 Å². The molecule has 0 aliphatic carbocycles. The third kappa shape index (κ3) is 3.90. The average molecular weight is 426 g/mol. The van der Waals surface area contributed by atoms with Crippen molar-refractivity contribution in [2.45, 2.75) is 32.2 Å². The lowest BCUT2D eigenvalue weighted by atomic mass is 9.84. The van der Waals surface area contributed by atoms with Crippen LogP contribution in [0.2, 0.25) is 0 Å². The van der Waals surface area contributed by atoms with Gasteiger partial charge in [0.2, 0.25) is 0 Å². The maximum absolute atomic E-state index is 9.09. The zero-order valence-electron chi connectivity index (χ0n) is 35.7. The molecule has 4 aromatic rings. The quantitative estimate of drug-likeness (QED) is 0.303. The standard InChI is InChI=1S/C29H30Si/c1-29(2,3)28-22-14-13-15-24(28)23-30(25-16-7-4-8-17-25,26-18-9-5-10-19-26)27-20-11-6-12-21-27/h4-22H,23H2,1-3H3/i4D,5D,6D,7D,8D,9D,10D,11D,12D,13D,14D,15D,16D,17D,18D,19D,20D,21D,22D. The number of hydrogen-bond donors (Lipinski definition) is 0. The molecule has 0 amide bonds. The SMILES string of the molecule is [2H]c1c([2H])c([2H])c([Si](Cc2c([2H])c([2H])c([2H])c([2H])c2C(C)(C)C)(c2c([2H])c([2H])c([2H])c([2H])c2[2H])c2c([2H])c([2H])c([2H])c([2H])c2[2H])c([2H])c1[2H]. The first kappa shape index (κ1) is 7.66. The molecular formula is C29H30Si. The van der Waals surface area contributed by atoms with E-state index < -0.39 is 150 Å². The number of rotatable bonds is 5. The molecule has 0 aromatic heterocycles. The second-order valence-electron chi connectivity index (χ2n) is 7.69. The van der Waals surface area contributed by atoms with Gasteiger partial charge in [-0.15, -0.1) is 0 Å². The van der Waals surface area contributed by atoms with Crippen LogP contribution in [-0.4, -0.2) is 8.07 Å². The molecule has 1 heteroatoms. The monoisotopic (exact) mass is 425 g/mol. The highest BCUT2D eigenvalue weighted by Gasteiger charge is 2.40. The minimum atomic E-state index is -5.34. The van der Waals surface area contributed by atoms with E-state index in [2.05, 4.69) is 0 Å². The topological polar surface area (TPSA) is 0 Å². The maximum Gasteiger partial charge on any atom is 0.152 e. The van der Waals surface area contributed by atoms with Crippen molar-refractivity contribution in [3.63, 3.8) is 0 Å². The predicted octanol–water partition coefficient (Wildman–Crippen LogP) is 5.24. The Morgan fingerprint density at radius 1 is 0.567 bits per heavy atom. The Labute approximate surface area is 209 Å². The lowest BCUT2D eigenvalue weighted by Crippen LogP contribution is -2.69. The first-order chi connectivity index (χ1) is 22.4. The first-order valence-electron chi connectivity index (χ1n) is 18.7. The van der Waals surface area contributed by atoms with Crippen molar-refractivity contribution >= 4 is 23.6 Å². The lowest BCUT2D eigenvalue weighted by molar-refractivity contribution is 0.585. The Balaban J connectivity index is 2.59. The van der Waals surface area contributed by atoms with Gasteiger partial charge in [0.1, 0.15) is 0 Å². The van der Waals surface area contributed by atoms with Gasteiger partial charge < -0.3 is 0 Å². The molecule has 0 saturated heterocycles. The van der Waals surface area contributed by atoms with Gasteiger partial charge in [0, 0.05) is 0 Å². The number of benzene rings is 4. The van der Waals surface area contributed by atoms with E-state index in [0.29, 0.717) is 0 Å². The maximum atomic E-state index is 9.09. The summed E-state index contributed by atoms with van der Waals surface area (Å²) in [6, 6.07) is -17.1. The molecule has 150 valence electrons. The van der Waals surface area contributed by atoms with Gasteiger partial charge in [-0.1, -0.05) is 136 Å². The summed E-state index contributed by atoms with van der Waals surface area (Å²) in [5, 5.41) is -2.08. The van der Waals surface area contributed by atoms with Crippen molar-refractivity contribution in [3.8, 4) is 0 Å².